The van der Waals surface area contributed by atoms with Crippen molar-refractivity contribution in [3.8, 4) is 11.1 Å². The number of likely N-dealkylation sites (tertiary alicyclic amines) is 1. The maximum Gasteiger partial charge on any atom is 0.411 e. The van der Waals surface area contributed by atoms with E-state index in [1.54, 1.807) is 29.2 Å². The second-order valence-electron chi connectivity index (χ2n) is 11.0. The molecule has 43 heavy (non-hydrogen) atoms. The van der Waals surface area contributed by atoms with Crippen LogP contribution < -0.4 is 10.2 Å². The van der Waals surface area contributed by atoms with Crippen molar-refractivity contribution in [2.24, 2.45) is 0 Å². The summed E-state index contributed by atoms with van der Waals surface area (Å²) in [5, 5.41) is 12.0. The van der Waals surface area contributed by atoms with E-state index in [0.29, 0.717) is 13.0 Å². The molecule has 1 aliphatic heterocycles. The largest absolute Gasteiger partial charge is 0.478 e. The van der Waals surface area contributed by atoms with E-state index >= 15 is 0 Å². The smallest absolute Gasteiger partial charge is 0.411 e. The zero-order chi connectivity index (χ0) is 30.6. The van der Waals surface area contributed by atoms with Gasteiger partial charge in [0.25, 0.3) is 0 Å². The van der Waals surface area contributed by atoms with Gasteiger partial charge in [0, 0.05) is 64.5 Å². The van der Waals surface area contributed by atoms with Gasteiger partial charge >= 0.3 is 12.1 Å². The highest BCUT2D eigenvalue weighted by molar-refractivity contribution is 5.91. The molecule has 1 heterocycles. The molecule has 3 aromatic rings. The van der Waals surface area contributed by atoms with E-state index in [0.717, 1.165) is 74.4 Å². The van der Waals surface area contributed by atoms with Gasteiger partial charge in [-0.1, -0.05) is 48.5 Å². The quantitative estimate of drug-likeness (QED) is 0.243. The molecule has 4 rings (SSSR count). The number of carbonyl (C=O) groups is 3. The van der Waals surface area contributed by atoms with Gasteiger partial charge in [0.1, 0.15) is 6.10 Å². The molecule has 0 aliphatic carbocycles. The number of carbonyl (C=O) groups excluding carboxylic acids is 2. The van der Waals surface area contributed by atoms with Crippen molar-refractivity contribution >= 4 is 29.3 Å². The Labute approximate surface area is 254 Å². The molecule has 9 heteroatoms. The Hall–Kier alpha value is -4.37. The molecule has 228 valence electrons. The SMILES string of the molecule is CN(CCN1CCC(OC(=O)Nc2ccccc2-c2ccccc2)CC1)C(=O)CCCCN(C)c1ccc(C(=O)O)cc1. The third-order valence-electron chi connectivity index (χ3n) is 7.92. The molecule has 1 saturated heterocycles. The van der Waals surface area contributed by atoms with Crippen molar-refractivity contribution in [2.75, 3.05) is 57.0 Å². The lowest BCUT2D eigenvalue weighted by atomic mass is 10.0. The van der Waals surface area contributed by atoms with Crippen LogP contribution in [0.25, 0.3) is 11.1 Å². The summed E-state index contributed by atoms with van der Waals surface area (Å²) in [5.74, 6) is -0.795. The monoisotopic (exact) mass is 586 g/mol. The van der Waals surface area contributed by atoms with Crippen LogP contribution in [0.3, 0.4) is 0 Å². The summed E-state index contributed by atoms with van der Waals surface area (Å²) in [4.78, 5) is 42.5. The number of carboxylic acid groups (broad SMARTS) is 1. The fraction of sp³-hybridized carbons (Fsp3) is 0.382. The number of anilines is 2. The number of rotatable bonds is 13. The maximum absolute atomic E-state index is 12.7. The average Bonchev–Trinajstić information content (AvgIpc) is 3.03. The molecule has 0 bridgehead atoms. The molecule has 0 radical (unpaired) electrons. The molecule has 2 N–H and O–H groups in total. The molecule has 0 atom stereocenters. The summed E-state index contributed by atoms with van der Waals surface area (Å²) < 4.78 is 5.74. The topological polar surface area (TPSA) is 102 Å². The van der Waals surface area contributed by atoms with Gasteiger partial charge in [0.2, 0.25) is 5.91 Å². The minimum absolute atomic E-state index is 0.132. The number of amides is 2. The highest BCUT2D eigenvalue weighted by Gasteiger charge is 2.23. The number of unbranched alkanes of at least 4 members (excludes halogenated alkanes) is 1. The van der Waals surface area contributed by atoms with Gasteiger partial charge in [-0.3, -0.25) is 10.1 Å². The van der Waals surface area contributed by atoms with E-state index in [1.807, 2.05) is 68.7 Å². The van der Waals surface area contributed by atoms with Gasteiger partial charge < -0.3 is 24.5 Å². The van der Waals surface area contributed by atoms with Gasteiger partial charge in [0.05, 0.1) is 11.3 Å². The average molecular weight is 587 g/mol. The summed E-state index contributed by atoms with van der Waals surface area (Å²) in [6.45, 7) is 3.89. The van der Waals surface area contributed by atoms with Crippen LogP contribution in [0.5, 0.6) is 0 Å². The predicted molar refractivity (Wildman–Crippen MR) is 170 cm³/mol. The molecular formula is C34H42N4O5. The number of nitrogens with zero attached hydrogens (tertiary/aromatic N) is 3. The molecule has 2 amide bonds. The highest BCUT2D eigenvalue weighted by atomic mass is 16.6. The standard InChI is InChI=1S/C34H42N4O5/c1-36(28-17-15-27(16-18-28)33(40)41)21-9-8-14-32(39)37(2)24-25-38-22-19-29(20-23-38)43-34(42)35-31-13-7-6-12-30(31)26-10-4-3-5-11-26/h3-7,10-13,15-18,29H,8-9,14,19-25H2,1-2H3,(H,35,42)(H,40,41). The van der Waals surface area contributed by atoms with Crippen molar-refractivity contribution in [3.63, 3.8) is 0 Å². The van der Waals surface area contributed by atoms with Crippen LogP contribution in [0, 0.1) is 0 Å². The van der Waals surface area contributed by atoms with Crippen molar-refractivity contribution < 1.29 is 24.2 Å². The summed E-state index contributed by atoms with van der Waals surface area (Å²) in [5.41, 5.74) is 3.93. The summed E-state index contributed by atoms with van der Waals surface area (Å²) in [6.07, 6.45) is 3.12. The van der Waals surface area contributed by atoms with Gasteiger partial charge in [-0.15, -0.1) is 0 Å². The third kappa shape index (κ3) is 9.58. The second kappa shape index (κ2) is 15.7. The van der Waals surface area contributed by atoms with Gasteiger partial charge in [-0.05, 0) is 61.6 Å². The Morgan fingerprint density at radius 1 is 0.884 bits per heavy atom. The number of hydrogen-bond acceptors (Lipinski definition) is 6. The first-order valence-electron chi connectivity index (χ1n) is 14.9. The molecule has 9 nitrogen and oxygen atoms in total. The van der Waals surface area contributed by atoms with E-state index in [9.17, 15) is 14.4 Å². The minimum atomic E-state index is -0.933. The van der Waals surface area contributed by atoms with Gasteiger partial charge in [-0.2, -0.15) is 0 Å². The van der Waals surface area contributed by atoms with E-state index in [2.05, 4.69) is 15.1 Å². The zero-order valence-corrected chi connectivity index (χ0v) is 25.1. The molecule has 1 fully saturated rings. The first-order valence-corrected chi connectivity index (χ1v) is 14.9. The van der Waals surface area contributed by atoms with Crippen molar-refractivity contribution in [3.05, 3.63) is 84.4 Å². The number of likely N-dealkylation sites (N-methyl/N-ethyl adjacent to an activating group) is 1. The van der Waals surface area contributed by atoms with Crippen LogP contribution >= 0.6 is 0 Å². The van der Waals surface area contributed by atoms with Crippen LogP contribution in [0.1, 0.15) is 42.5 Å². The Bertz CT molecular complexity index is 1340. The van der Waals surface area contributed by atoms with E-state index in [-0.39, 0.29) is 17.6 Å². The van der Waals surface area contributed by atoms with Crippen molar-refractivity contribution in [1.82, 2.24) is 9.80 Å². The molecule has 0 unspecified atom stereocenters. The molecule has 0 saturated carbocycles. The summed E-state index contributed by atoms with van der Waals surface area (Å²) >= 11 is 0. The fourth-order valence-electron chi connectivity index (χ4n) is 5.22. The fourth-order valence-corrected chi connectivity index (χ4v) is 5.22. The zero-order valence-electron chi connectivity index (χ0n) is 25.1. The lowest BCUT2D eigenvalue weighted by molar-refractivity contribution is -0.130. The van der Waals surface area contributed by atoms with Gasteiger partial charge in [-0.25, -0.2) is 9.59 Å². The first kappa shape index (κ1) is 31.6. The minimum Gasteiger partial charge on any atom is -0.478 e. The number of carboxylic acids is 1. The normalized spacial score (nSPS) is 13.7. The third-order valence-corrected chi connectivity index (χ3v) is 7.92. The first-order chi connectivity index (χ1) is 20.8. The number of para-hydroxylation sites is 1. The number of hydrogen-bond donors (Lipinski definition) is 2. The van der Waals surface area contributed by atoms with Gasteiger partial charge in [0.15, 0.2) is 0 Å². The summed E-state index contributed by atoms with van der Waals surface area (Å²) in [7, 11) is 3.82. The number of aromatic carboxylic acids is 1. The number of benzene rings is 3. The molecule has 3 aromatic carbocycles. The van der Waals surface area contributed by atoms with Crippen LogP contribution in [0.4, 0.5) is 16.2 Å². The Morgan fingerprint density at radius 3 is 2.26 bits per heavy atom. The maximum atomic E-state index is 12.7. The highest BCUT2D eigenvalue weighted by Crippen LogP contribution is 2.28. The van der Waals surface area contributed by atoms with E-state index in [4.69, 9.17) is 9.84 Å². The van der Waals surface area contributed by atoms with Crippen molar-refractivity contribution in [1.29, 1.82) is 0 Å². The summed E-state index contributed by atoms with van der Waals surface area (Å²) in [6, 6.07) is 24.5. The lowest BCUT2D eigenvalue weighted by Gasteiger charge is -2.32. The number of ether oxygens (including phenoxy) is 1. The number of nitrogens with one attached hydrogen (secondary N) is 1. The van der Waals surface area contributed by atoms with Crippen LogP contribution in [-0.4, -0.2) is 85.8 Å². The number of piperidine rings is 1. The Kier molecular flexibility index (Phi) is 11.6. The molecule has 1 aliphatic rings. The van der Waals surface area contributed by atoms with E-state index in [1.165, 1.54) is 0 Å². The van der Waals surface area contributed by atoms with Crippen LogP contribution in [0.15, 0.2) is 78.9 Å². The van der Waals surface area contributed by atoms with Crippen LogP contribution in [-0.2, 0) is 9.53 Å². The lowest BCUT2D eigenvalue weighted by Crippen LogP contribution is -2.42. The predicted octanol–water partition coefficient (Wildman–Crippen LogP) is 5.83. The van der Waals surface area contributed by atoms with E-state index < -0.39 is 12.1 Å². The second-order valence-corrected chi connectivity index (χ2v) is 11.0. The molecular weight excluding hydrogens is 544 g/mol. The Morgan fingerprint density at radius 2 is 1.56 bits per heavy atom. The molecule has 0 aromatic heterocycles. The molecule has 0 spiro atoms. The van der Waals surface area contributed by atoms with Crippen LogP contribution in [0.2, 0.25) is 0 Å². The van der Waals surface area contributed by atoms with Crippen molar-refractivity contribution in [2.45, 2.75) is 38.2 Å². The Balaban J connectivity index is 1.10.